The van der Waals surface area contributed by atoms with Gasteiger partial charge in [0.1, 0.15) is 11.6 Å². The fraction of sp³-hybridized carbons (Fsp3) is 0.154. The minimum absolute atomic E-state index is 0.170. The summed E-state index contributed by atoms with van der Waals surface area (Å²) in [5, 5.41) is 0.516. The average molecular weight is 265 g/mol. The summed E-state index contributed by atoms with van der Waals surface area (Å²) in [6, 6.07) is 8.51. The zero-order valence-corrected chi connectivity index (χ0v) is 10.9. The Labute approximate surface area is 110 Å². The Morgan fingerprint density at radius 3 is 2.56 bits per heavy atom. The van der Waals surface area contributed by atoms with Gasteiger partial charge in [-0.15, -0.1) is 0 Å². The lowest BCUT2D eigenvalue weighted by Crippen LogP contribution is -2.18. The summed E-state index contributed by atoms with van der Waals surface area (Å²) in [6.45, 7) is 0. The molecule has 4 nitrogen and oxygen atoms in total. The molecule has 0 unspecified atom stereocenters. The van der Waals surface area contributed by atoms with Gasteiger partial charge in [-0.3, -0.25) is 9.36 Å². The Kier molecular flexibility index (Phi) is 3.30. The van der Waals surface area contributed by atoms with Crippen LogP contribution in [-0.4, -0.2) is 11.7 Å². The van der Waals surface area contributed by atoms with Crippen molar-refractivity contribution in [3.05, 3.63) is 45.7 Å². The number of nitrogens with zero attached hydrogens (tertiary/aromatic N) is 1. The van der Waals surface area contributed by atoms with Crippen molar-refractivity contribution in [2.45, 2.75) is 0 Å². The van der Waals surface area contributed by atoms with Crippen molar-refractivity contribution in [2.24, 2.45) is 7.05 Å². The van der Waals surface area contributed by atoms with Crippen LogP contribution in [0.2, 0.25) is 5.02 Å². The molecule has 0 radical (unpaired) electrons. The van der Waals surface area contributed by atoms with Crippen LogP contribution in [0.5, 0.6) is 5.75 Å². The number of halogens is 1. The molecule has 1 heterocycles. The van der Waals surface area contributed by atoms with Crippen LogP contribution in [0.25, 0.3) is 11.1 Å². The van der Waals surface area contributed by atoms with Crippen molar-refractivity contribution in [2.75, 3.05) is 12.8 Å². The highest BCUT2D eigenvalue weighted by Gasteiger charge is 2.08. The van der Waals surface area contributed by atoms with E-state index in [2.05, 4.69) is 0 Å². The lowest BCUT2D eigenvalue weighted by atomic mass is 10.1. The van der Waals surface area contributed by atoms with E-state index in [-0.39, 0.29) is 5.56 Å². The van der Waals surface area contributed by atoms with E-state index < -0.39 is 0 Å². The summed E-state index contributed by atoms with van der Waals surface area (Å²) in [5.41, 5.74) is 7.04. The topological polar surface area (TPSA) is 57.2 Å². The van der Waals surface area contributed by atoms with E-state index in [0.717, 1.165) is 5.56 Å². The van der Waals surface area contributed by atoms with Crippen molar-refractivity contribution in [1.29, 1.82) is 0 Å². The van der Waals surface area contributed by atoms with Gasteiger partial charge >= 0.3 is 0 Å². The molecule has 0 bridgehead atoms. The highest BCUT2D eigenvalue weighted by atomic mass is 35.5. The van der Waals surface area contributed by atoms with Gasteiger partial charge in [-0.25, -0.2) is 0 Å². The second-order valence-corrected chi connectivity index (χ2v) is 4.32. The Hall–Kier alpha value is -1.94. The third-order valence-corrected chi connectivity index (χ3v) is 3.10. The van der Waals surface area contributed by atoms with Gasteiger partial charge in [0.15, 0.2) is 0 Å². The maximum Gasteiger partial charge on any atom is 0.252 e. The molecular formula is C13H13ClN2O2. The van der Waals surface area contributed by atoms with Gasteiger partial charge in [-0.2, -0.15) is 0 Å². The van der Waals surface area contributed by atoms with Gasteiger partial charge in [0, 0.05) is 18.7 Å². The highest BCUT2D eigenvalue weighted by molar-refractivity contribution is 6.33. The monoisotopic (exact) mass is 264 g/mol. The molecular weight excluding hydrogens is 252 g/mol. The van der Waals surface area contributed by atoms with Crippen LogP contribution in [0.4, 0.5) is 5.82 Å². The van der Waals surface area contributed by atoms with Crippen LogP contribution < -0.4 is 16.0 Å². The molecule has 0 amide bonds. The molecule has 0 aliphatic rings. The number of nitrogens with two attached hydrogens (primary N) is 1. The summed E-state index contributed by atoms with van der Waals surface area (Å²) in [4.78, 5) is 11.7. The number of hydrogen-bond acceptors (Lipinski definition) is 3. The van der Waals surface area contributed by atoms with Crippen LogP contribution in [0.1, 0.15) is 0 Å². The first kappa shape index (κ1) is 12.5. The maximum absolute atomic E-state index is 11.7. The minimum Gasteiger partial charge on any atom is -0.497 e. The van der Waals surface area contributed by atoms with Crippen LogP contribution in [0.3, 0.4) is 0 Å². The van der Waals surface area contributed by atoms with Gasteiger partial charge < -0.3 is 10.5 Å². The minimum atomic E-state index is -0.170. The van der Waals surface area contributed by atoms with E-state index >= 15 is 0 Å². The van der Waals surface area contributed by atoms with Crippen molar-refractivity contribution in [3.63, 3.8) is 0 Å². The van der Waals surface area contributed by atoms with E-state index in [9.17, 15) is 4.79 Å². The molecule has 5 heteroatoms. The number of anilines is 1. The molecule has 0 aliphatic carbocycles. The highest BCUT2D eigenvalue weighted by Crippen LogP contribution is 2.31. The van der Waals surface area contributed by atoms with Crippen molar-refractivity contribution in [3.8, 4) is 16.9 Å². The second kappa shape index (κ2) is 4.74. The maximum atomic E-state index is 11.7. The van der Waals surface area contributed by atoms with Gasteiger partial charge in [0.25, 0.3) is 5.56 Å². The molecule has 2 N–H and O–H groups in total. The number of nitrogen functional groups attached to an aromatic ring is 1. The first-order chi connectivity index (χ1) is 8.52. The number of aromatic nitrogens is 1. The molecule has 0 spiro atoms. The Morgan fingerprint density at radius 2 is 2.00 bits per heavy atom. The molecule has 0 fully saturated rings. The van der Waals surface area contributed by atoms with Gasteiger partial charge in [0.05, 0.1) is 12.1 Å². The molecule has 0 saturated heterocycles. The largest absolute Gasteiger partial charge is 0.497 e. The molecule has 0 atom stereocenters. The van der Waals surface area contributed by atoms with Gasteiger partial charge in [0.2, 0.25) is 0 Å². The van der Waals surface area contributed by atoms with Crippen LogP contribution in [0, 0.1) is 0 Å². The van der Waals surface area contributed by atoms with E-state index in [0.29, 0.717) is 22.2 Å². The lowest BCUT2D eigenvalue weighted by Gasteiger charge is -2.09. The number of pyridine rings is 1. The molecule has 1 aromatic heterocycles. The quantitative estimate of drug-likeness (QED) is 0.905. The van der Waals surface area contributed by atoms with Crippen LogP contribution in [-0.2, 0) is 7.05 Å². The third-order valence-electron chi connectivity index (χ3n) is 2.79. The second-order valence-electron chi connectivity index (χ2n) is 3.91. The van der Waals surface area contributed by atoms with E-state index in [1.165, 1.54) is 10.6 Å². The molecule has 2 aromatic rings. The number of methoxy groups -OCH3 is 1. The van der Waals surface area contributed by atoms with Crippen molar-refractivity contribution >= 4 is 17.4 Å². The molecule has 2 rings (SSSR count). The first-order valence-electron chi connectivity index (χ1n) is 5.33. The molecule has 0 saturated carbocycles. The van der Waals surface area contributed by atoms with E-state index in [1.54, 1.807) is 38.4 Å². The smallest absolute Gasteiger partial charge is 0.252 e. The average Bonchev–Trinajstić information content (AvgIpc) is 2.35. The zero-order valence-electron chi connectivity index (χ0n) is 10.1. The van der Waals surface area contributed by atoms with Crippen molar-refractivity contribution < 1.29 is 4.74 Å². The number of benzene rings is 1. The summed E-state index contributed by atoms with van der Waals surface area (Å²) < 4.78 is 6.45. The fourth-order valence-corrected chi connectivity index (χ4v) is 1.95. The Balaban J connectivity index is 2.59. The van der Waals surface area contributed by atoms with Crippen LogP contribution >= 0.6 is 11.6 Å². The molecule has 0 aliphatic heterocycles. The Morgan fingerprint density at radius 1 is 1.28 bits per heavy atom. The number of rotatable bonds is 2. The van der Waals surface area contributed by atoms with Gasteiger partial charge in [-0.1, -0.05) is 11.6 Å². The SMILES string of the molecule is COc1ccc(-c2cc(N)n(C)c(=O)c2)c(Cl)c1. The fourth-order valence-electron chi connectivity index (χ4n) is 1.67. The predicted octanol–water partition coefficient (Wildman–Crippen LogP) is 2.30. The van der Waals surface area contributed by atoms with E-state index in [4.69, 9.17) is 22.1 Å². The molecule has 94 valence electrons. The predicted molar refractivity (Wildman–Crippen MR) is 73.1 cm³/mol. The third kappa shape index (κ3) is 2.19. The number of ether oxygens (including phenoxy) is 1. The summed E-state index contributed by atoms with van der Waals surface area (Å²) in [7, 11) is 3.19. The summed E-state index contributed by atoms with van der Waals surface area (Å²) in [5.74, 6) is 1.06. The Bertz CT molecular complexity index is 650. The van der Waals surface area contributed by atoms with E-state index in [1.807, 2.05) is 0 Å². The van der Waals surface area contributed by atoms with Crippen LogP contribution in [0.15, 0.2) is 35.1 Å². The standard InChI is InChI=1S/C13H13ClN2O2/c1-16-12(15)5-8(6-13(16)17)10-4-3-9(18-2)7-11(10)14/h3-7H,15H2,1-2H3. The van der Waals surface area contributed by atoms with Crippen molar-refractivity contribution in [1.82, 2.24) is 4.57 Å². The summed E-state index contributed by atoms with van der Waals surface area (Å²) >= 11 is 6.16. The first-order valence-corrected chi connectivity index (χ1v) is 5.71. The number of hydrogen-bond donors (Lipinski definition) is 1. The zero-order chi connectivity index (χ0) is 13.3. The molecule has 18 heavy (non-hydrogen) atoms. The normalized spacial score (nSPS) is 10.4. The lowest BCUT2D eigenvalue weighted by molar-refractivity contribution is 0.415. The summed E-state index contributed by atoms with van der Waals surface area (Å²) in [6.07, 6.45) is 0. The van der Waals surface area contributed by atoms with Gasteiger partial charge in [-0.05, 0) is 29.8 Å². The molecule has 1 aromatic carbocycles.